The fourth-order valence-electron chi connectivity index (χ4n) is 4.21. The zero-order valence-electron chi connectivity index (χ0n) is 17.5. The molecule has 1 saturated carbocycles. The number of carbonyl (C=O) groups excluding carboxylic acids is 3. The average Bonchev–Trinajstić information content (AvgIpc) is 2.78. The number of piperazine rings is 1. The van der Waals surface area contributed by atoms with Crippen LogP contribution in [0, 0.1) is 11.8 Å². The molecule has 3 atom stereocenters. The summed E-state index contributed by atoms with van der Waals surface area (Å²) >= 11 is 0. The Morgan fingerprint density at radius 1 is 1.03 bits per heavy atom. The van der Waals surface area contributed by atoms with Crippen LogP contribution in [-0.4, -0.2) is 79.3 Å². The Morgan fingerprint density at radius 3 is 2.30 bits per heavy atom. The summed E-state index contributed by atoms with van der Waals surface area (Å²) < 4.78 is 5.41. The second-order valence-electron chi connectivity index (χ2n) is 8.05. The van der Waals surface area contributed by atoms with Crippen molar-refractivity contribution in [3.63, 3.8) is 0 Å². The quantitative estimate of drug-likeness (QED) is 0.565. The number of anilines is 1. The average molecular weight is 418 g/mol. The van der Waals surface area contributed by atoms with E-state index < -0.39 is 29.9 Å². The van der Waals surface area contributed by atoms with Gasteiger partial charge in [-0.2, -0.15) is 0 Å². The Hall–Kier alpha value is -2.81. The van der Waals surface area contributed by atoms with Crippen LogP contribution in [-0.2, 0) is 14.3 Å². The molecule has 9 heteroatoms. The van der Waals surface area contributed by atoms with Crippen molar-refractivity contribution in [2.45, 2.75) is 25.4 Å². The van der Waals surface area contributed by atoms with Crippen molar-refractivity contribution in [2.24, 2.45) is 11.8 Å². The van der Waals surface area contributed by atoms with Crippen LogP contribution in [0.25, 0.3) is 0 Å². The summed E-state index contributed by atoms with van der Waals surface area (Å²) in [4.78, 5) is 42.7. The highest BCUT2D eigenvalue weighted by atomic mass is 16.6. The first kappa shape index (κ1) is 21.9. The van der Waals surface area contributed by atoms with Crippen molar-refractivity contribution < 1.29 is 24.3 Å². The normalized spacial score (nSPS) is 24.2. The van der Waals surface area contributed by atoms with Crippen LogP contribution in [0.15, 0.2) is 30.3 Å². The molecule has 0 radical (unpaired) electrons. The summed E-state index contributed by atoms with van der Waals surface area (Å²) in [7, 11) is 3.18. The molecule has 1 saturated heterocycles. The summed E-state index contributed by atoms with van der Waals surface area (Å²) in [5.74, 6) is -1.95. The number of nitrogens with one attached hydrogen (secondary N) is 1. The number of benzene rings is 1. The highest BCUT2D eigenvalue weighted by Gasteiger charge is 2.42. The van der Waals surface area contributed by atoms with Gasteiger partial charge in [-0.25, -0.2) is 10.3 Å². The third-order valence-corrected chi connectivity index (χ3v) is 5.91. The molecule has 1 heterocycles. The molecule has 1 aromatic rings. The largest absolute Gasteiger partial charge is 0.446 e. The molecular weight excluding hydrogens is 388 g/mol. The summed E-state index contributed by atoms with van der Waals surface area (Å²) in [6.07, 6.45) is 0.217. The van der Waals surface area contributed by atoms with Gasteiger partial charge in [0.05, 0.1) is 11.8 Å². The van der Waals surface area contributed by atoms with E-state index in [-0.39, 0.29) is 12.3 Å². The Morgan fingerprint density at radius 2 is 1.70 bits per heavy atom. The molecule has 2 aliphatic rings. The monoisotopic (exact) mass is 418 g/mol. The van der Waals surface area contributed by atoms with E-state index in [1.165, 1.54) is 4.90 Å². The van der Waals surface area contributed by atoms with Gasteiger partial charge in [-0.15, -0.1) is 0 Å². The van der Waals surface area contributed by atoms with Crippen LogP contribution in [0.5, 0.6) is 0 Å². The van der Waals surface area contributed by atoms with Crippen LogP contribution >= 0.6 is 0 Å². The SMILES string of the molecule is CN(C)C(=O)O[C@H]1CC[C@H](C(=O)N2CCN(c3ccccc3)CC2)[C@@H](C(=O)NO)C1. The minimum Gasteiger partial charge on any atom is -0.446 e. The highest BCUT2D eigenvalue weighted by Crippen LogP contribution is 2.34. The molecule has 2 fully saturated rings. The van der Waals surface area contributed by atoms with E-state index in [1.807, 2.05) is 18.2 Å². The smallest absolute Gasteiger partial charge is 0.409 e. The van der Waals surface area contributed by atoms with E-state index in [0.29, 0.717) is 25.9 Å². The van der Waals surface area contributed by atoms with Gasteiger partial charge in [0.2, 0.25) is 11.8 Å². The molecule has 9 nitrogen and oxygen atoms in total. The lowest BCUT2D eigenvalue weighted by molar-refractivity contribution is -0.149. The Bertz CT molecular complexity index is 749. The van der Waals surface area contributed by atoms with E-state index in [9.17, 15) is 14.4 Å². The predicted octanol–water partition coefficient (Wildman–Crippen LogP) is 1.32. The van der Waals surface area contributed by atoms with E-state index >= 15 is 0 Å². The lowest BCUT2D eigenvalue weighted by Gasteiger charge is -2.40. The molecule has 1 aliphatic carbocycles. The van der Waals surface area contributed by atoms with Crippen LogP contribution in [0.2, 0.25) is 0 Å². The predicted molar refractivity (Wildman–Crippen MR) is 110 cm³/mol. The standard InChI is InChI=1S/C21H30N4O5/c1-23(2)21(28)30-16-8-9-17(18(14-16)19(26)22-29)20(27)25-12-10-24(11-13-25)15-6-4-3-5-7-15/h3-7,16-18,29H,8-14H2,1-2H3,(H,22,26)/t16-,17-,18-/m0/s1. The molecule has 164 valence electrons. The second kappa shape index (κ2) is 9.80. The number of hydrogen-bond donors (Lipinski definition) is 2. The maximum absolute atomic E-state index is 13.2. The maximum atomic E-state index is 13.2. The number of amides is 3. The van der Waals surface area contributed by atoms with Crippen molar-refractivity contribution in [1.82, 2.24) is 15.3 Å². The lowest BCUT2D eigenvalue weighted by Crippen LogP contribution is -2.53. The number of nitrogens with zero attached hydrogens (tertiary/aromatic N) is 3. The zero-order chi connectivity index (χ0) is 21.7. The van der Waals surface area contributed by atoms with Gasteiger partial charge in [0.25, 0.3) is 0 Å². The number of carbonyl (C=O) groups is 3. The summed E-state index contributed by atoms with van der Waals surface area (Å²) in [6, 6.07) is 10.1. The Balaban J connectivity index is 1.61. The van der Waals surface area contributed by atoms with Gasteiger partial charge in [-0.3, -0.25) is 14.8 Å². The first-order chi connectivity index (χ1) is 14.4. The molecule has 3 amide bonds. The summed E-state index contributed by atoms with van der Waals surface area (Å²) in [6.45, 7) is 2.61. The zero-order valence-corrected chi connectivity index (χ0v) is 17.5. The first-order valence-electron chi connectivity index (χ1n) is 10.3. The number of hydroxylamine groups is 1. The molecule has 1 aromatic carbocycles. The van der Waals surface area contributed by atoms with Crippen molar-refractivity contribution in [3.05, 3.63) is 30.3 Å². The molecule has 0 aromatic heterocycles. The van der Waals surface area contributed by atoms with Crippen LogP contribution < -0.4 is 10.4 Å². The minimum absolute atomic E-state index is 0.0753. The van der Waals surface area contributed by atoms with Gasteiger partial charge in [-0.1, -0.05) is 18.2 Å². The lowest BCUT2D eigenvalue weighted by atomic mass is 9.76. The third-order valence-electron chi connectivity index (χ3n) is 5.91. The van der Waals surface area contributed by atoms with Gasteiger partial charge in [-0.05, 0) is 31.4 Å². The second-order valence-corrected chi connectivity index (χ2v) is 8.05. The van der Waals surface area contributed by atoms with Gasteiger partial charge in [0.15, 0.2) is 0 Å². The molecule has 2 N–H and O–H groups in total. The fraction of sp³-hybridized carbons (Fsp3) is 0.571. The Labute approximate surface area is 176 Å². The number of para-hydroxylation sites is 1. The van der Waals surface area contributed by atoms with E-state index in [2.05, 4.69) is 17.0 Å². The van der Waals surface area contributed by atoms with E-state index in [0.717, 1.165) is 18.8 Å². The van der Waals surface area contributed by atoms with Crippen molar-refractivity contribution in [3.8, 4) is 0 Å². The maximum Gasteiger partial charge on any atom is 0.409 e. The number of hydrogen-bond acceptors (Lipinski definition) is 6. The van der Waals surface area contributed by atoms with Gasteiger partial charge in [0, 0.05) is 46.0 Å². The molecular formula is C21H30N4O5. The minimum atomic E-state index is -0.733. The van der Waals surface area contributed by atoms with Gasteiger partial charge < -0.3 is 19.4 Å². The van der Waals surface area contributed by atoms with Crippen molar-refractivity contribution >= 4 is 23.6 Å². The van der Waals surface area contributed by atoms with Gasteiger partial charge >= 0.3 is 6.09 Å². The first-order valence-corrected chi connectivity index (χ1v) is 10.3. The summed E-state index contributed by atoms with van der Waals surface area (Å²) in [5.41, 5.74) is 2.81. The van der Waals surface area contributed by atoms with E-state index in [1.54, 1.807) is 24.5 Å². The van der Waals surface area contributed by atoms with Crippen LogP contribution in [0.3, 0.4) is 0 Å². The van der Waals surface area contributed by atoms with Gasteiger partial charge in [0.1, 0.15) is 6.10 Å². The van der Waals surface area contributed by atoms with Crippen LogP contribution in [0.4, 0.5) is 10.5 Å². The van der Waals surface area contributed by atoms with Crippen LogP contribution in [0.1, 0.15) is 19.3 Å². The summed E-state index contributed by atoms with van der Waals surface area (Å²) in [5, 5.41) is 9.17. The third kappa shape index (κ3) is 5.02. The topological polar surface area (TPSA) is 102 Å². The highest BCUT2D eigenvalue weighted by molar-refractivity contribution is 5.87. The van der Waals surface area contributed by atoms with E-state index in [4.69, 9.17) is 9.94 Å². The fourth-order valence-corrected chi connectivity index (χ4v) is 4.21. The van der Waals surface area contributed by atoms with Crippen molar-refractivity contribution in [1.29, 1.82) is 0 Å². The molecule has 0 bridgehead atoms. The number of rotatable bonds is 4. The molecule has 3 rings (SSSR count). The molecule has 0 spiro atoms. The number of ether oxygens (including phenoxy) is 1. The molecule has 0 unspecified atom stereocenters. The molecule has 30 heavy (non-hydrogen) atoms. The van der Waals surface area contributed by atoms with Crippen molar-refractivity contribution in [2.75, 3.05) is 45.2 Å². The Kier molecular flexibility index (Phi) is 7.15. The molecule has 1 aliphatic heterocycles.